The number of ether oxygens (including phenoxy) is 3. The Kier molecular flexibility index (Phi) is 7.00. The van der Waals surface area contributed by atoms with Crippen LogP contribution >= 0.6 is 0 Å². The highest BCUT2D eigenvalue weighted by atomic mass is 16.7. The molecule has 0 saturated carbocycles. The Hall–Kier alpha value is -1.52. The van der Waals surface area contributed by atoms with E-state index in [1.165, 1.54) is 6.08 Å². The van der Waals surface area contributed by atoms with Crippen LogP contribution in [0, 0.1) is 0 Å². The second-order valence-electron chi connectivity index (χ2n) is 4.73. The molecule has 19 heavy (non-hydrogen) atoms. The van der Waals surface area contributed by atoms with E-state index in [1.807, 2.05) is 6.92 Å². The summed E-state index contributed by atoms with van der Waals surface area (Å²) in [6.07, 6.45) is 4.71. The Balaban J connectivity index is 2.46. The van der Waals surface area contributed by atoms with Crippen LogP contribution in [-0.4, -0.2) is 30.9 Å². The molecule has 0 amide bonds. The van der Waals surface area contributed by atoms with Crippen LogP contribution in [0.1, 0.15) is 45.4 Å². The van der Waals surface area contributed by atoms with Crippen molar-refractivity contribution in [3.8, 4) is 0 Å². The van der Waals surface area contributed by atoms with Gasteiger partial charge in [0.15, 0.2) is 0 Å². The van der Waals surface area contributed by atoms with Crippen LogP contribution in [0.5, 0.6) is 0 Å². The molecule has 1 aliphatic heterocycles. The minimum absolute atomic E-state index is 0.135. The van der Waals surface area contributed by atoms with E-state index in [0.717, 1.165) is 25.7 Å². The first-order chi connectivity index (χ1) is 9.11. The normalized spacial score (nSPS) is 25.0. The van der Waals surface area contributed by atoms with E-state index in [-0.39, 0.29) is 24.8 Å². The fraction of sp³-hybridized carbons (Fsp3) is 0.714. The topological polar surface area (TPSA) is 61.8 Å². The first-order valence-corrected chi connectivity index (χ1v) is 6.75. The summed E-state index contributed by atoms with van der Waals surface area (Å²) in [6, 6.07) is 0. The van der Waals surface area contributed by atoms with Gasteiger partial charge in [0, 0.05) is 12.8 Å². The highest BCUT2D eigenvalue weighted by Crippen LogP contribution is 2.18. The van der Waals surface area contributed by atoms with Crippen molar-refractivity contribution in [2.24, 2.45) is 0 Å². The van der Waals surface area contributed by atoms with Gasteiger partial charge < -0.3 is 14.2 Å². The van der Waals surface area contributed by atoms with Crippen LogP contribution in [0.2, 0.25) is 0 Å². The molecule has 0 bridgehead atoms. The van der Waals surface area contributed by atoms with Gasteiger partial charge in [-0.1, -0.05) is 19.1 Å². The van der Waals surface area contributed by atoms with Crippen LogP contribution in [0.4, 0.5) is 4.79 Å². The Morgan fingerprint density at radius 1 is 1.47 bits per heavy atom. The maximum Gasteiger partial charge on any atom is 0.508 e. The van der Waals surface area contributed by atoms with Crippen LogP contribution in [0.15, 0.2) is 12.7 Å². The number of hydrogen-bond acceptors (Lipinski definition) is 5. The van der Waals surface area contributed by atoms with E-state index in [4.69, 9.17) is 14.2 Å². The Morgan fingerprint density at radius 2 is 2.26 bits per heavy atom. The molecule has 0 aromatic rings. The van der Waals surface area contributed by atoms with Crippen molar-refractivity contribution in [2.45, 2.75) is 57.7 Å². The predicted octanol–water partition coefficient (Wildman–Crippen LogP) is 2.98. The number of cyclic esters (lactones) is 1. The fourth-order valence-corrected chi connectivity index (χ4v) is 2.04. The minimum Gasteiger partial charge on any atom is -0.463 e. The molecular weight excluding hydrogens is 248 g/mol. The van der Waals surface area contributed by atoms with E-state index >= 15 is 0 Å². The van der Waals surface area contributed by atoms with Crippen molar-refractivity contribution < 1.29 is 23.8 Å². The van der Waals surface area contributed by atoms with Crippen LogP contribution in [0.3, 0.4) is 0 Å². The van der Waals surface area contributed by atoms with E-state index in [2.05, 4.69) is 6.58 Å². The van der Waals surface area contributed by atoms with Gasteiger partial charge in [-0.15, -0.1) is 0 Å². The molecule has 0 aliphatic carbocycles. The van der Waals surface area contributed by atoms with Crippen LogP contribution < -0.4 is 0 Å². The van der Waals surface area contributed by atoms with Gasteiger partial charge in [0.2, 0.25) is 0 Å². The summed E-state index contributed by atoms with van der Waals surface area (Å²) in [6.45, 7) is 5.41. The number of hydrogen-bond donors (Lipinski definition) is 0. The van der Waals surface area contributed by atoms with E-state index in [0.29, 0.717) is 12.8 Å². The van der Waals surface area contributed by atoms with Crippen molar-refractivity contribution in [3.63, 3.8) is 0 Å². The third-order valence-electron chi connectivity index (χ3n) is 2.92. The van der Waals surface area contributed by atoms with Crippen molar-refractivity contribution in [2.75, 3.05) is 6.61 Å². The van der Waals surface area contributed by atoms with Gasteiger partial charge in [-0.2, -0.15) is 0 Å². The van der Waals surface area contributed by atoms with Gasteiger partial charge in [0.1, 0.15) is 18.8 Å². The van der Waals surface area contributed by atoms with Crippen LogP contribution in [-0.2, 0) is 19.0 Å². The van der Waals surface area contributed by atoms with Gasteiger partial charge in [0.25, 0.3) is 0 Å². The third-order valence-corrected chi connectivity index (χ3v) is 2.92. The summed E-state index contributed by atoms with van der Waals surface area (Å²) in [5.41, 5.74) is 0. The number of rotatable bonds is 3. The number of carbonyl (C=O) groups is 2. The lowest BCUT2D eigenvalue weighted by atomic mass is 10.0. The molecule has 0 spiro atoms. The second kappa shape index (κ2) is 8.56. The fourth-order valence-electron chi connectivity index (χ4n) is 2.04. The SMILES string of the molecule is C=CCOC(=O)OC1CCCCCC(=O)OC(C)C1. The minimum atomic E-state index is -0.694. The maximum absolute atomic E-state index is 11.4. The zero-order valence-corrected chi connectivity index (χ0v) is 11.4. The first kappa shape index (κ1) is 15.5. The summed E-state index contributed by atoms with van der Waals surface area (Å²) < 4.78 is 15.3. The lowest BCUT2D eigenvalue weighted by Crippen LogP contribution is -2.27. The third kappa shape index (κ3) is 6.84. The average molecular weight is 270 g/mol. The molecule has 0 N–H and O–H groups in total. The number of carbonyl (C=O) groups excluding carboxylic acids is 2. The molecular formula is C14H22O5. The maximum atomic E-state index is 11.4. The van der Waals surface area contributed by atoms with Crippen molar-refractivity contribution in [1.82, 2.24) is 0 Å². The summed E-state index contributed by atoms with van der Waals surface area (Å²) in [7, 11) is 0. The van der Waals surface area contributed by atoms with Gasteiger partial charge in [0.05, 0.1) is 0 Å². The molecule has 0 aromatic carbocycles. The second-order valence-corrected chi connectivity index (χ2v) is 4.73. The average Bonchev–Trinajstić information content (AvgIpc) is 2.35. The molecule has 0 radical (unpaired) electrons. The molecule has 0 aromatic heterocycles. The lowest BCUT2D eigenvalue weighted by Gasteiger charge is -2.22. The van der Waals surface area contributed by atoms with E-state index in [1.54, 1.807) is 0 Å². The lowest BCUT2D eigenvalue weighted by molar-refractivity contribution is -0.150. The zero-order chi connectivity index (χ0) is 14.1. The molecule has 1 fully saturated rings. The van der Waals surface area contributed by atoms with Crippen LogP contribution in [0.25, 0.3) is 0 Å². The first-order valence-electron chi connectivity index (χ1n) is 6.75. The van der Waals surface area contributed by atoms with Crippen molar-refractivity contribution in [1.29, 1.82) is 0 Å². The van der Waals surface area contributed by atoms with Gasteiger partial charge in [-0.25, -0.2) is 4.79 Å². The van der Waals surface area contributed by atoms with Gasteiger partial charge in [-0.05, 0) is 26.2 Å². The highest BCUT2D eigenvalue weighted by Gasteiger charge is 2.21. The van der Waals surface area contributed by atoms with Crippen molar-refractivity contribution >= 4 is 12.1 Å². The summed E-state index contributed by atoms with van der Waals surface area (Å²) >= 11 is 0. The molecule has 2 unspecified atom stereocenters. The molecule has 2 atom stereocenters. The molecule has 1 rings (SSSR count). The largest absolute Gasteiger partial charge is 0.508 e. The molecule has 108 valence electrons. The highest BCUT2D eigenvalue weighted by molar-refractivity contribution is 5.69. The van der Waals surface area contributed by atoms with Gasteiger partial charge in [-0.3, -0.25) is 4.79 Å². The number of esters is 1. The zero-order valence-electron chi connectivity index (χ0n) is 11.4. The summed E-state index contributed by atoms with van der Waals surface area (Å²) in [5, 5.41) is 0. The van der Waals surface area contributed by atoms with Gasteiger partial charge >= 0.3 is 12.1 Å². The Morgan fingerprint density at radius 3 is 3.00 bits per heavy atom. The Bertz CT molecular complexity index is 313. The molecule has 5 heteroatoms. The quantitative estimate of drug-likeness (QED) is 0.582. The standard InChI is InChI=1S/C14H22O5/c1-3-9-17-14(16)19-12-7-5-4-6-8-13(15)18-11(2)10-12/h3,11-12H,1,4-10H2,2H3. The van der Waals surface area contributed by atoms with E-state index < -0.39 is 6.16 Å². The Labute approximate surface area is 113 Å². The van der Waals surface area contributed by atoms with E-state index in [9.17, 15) is 9.59 Å². The molecule has 1 aliphatic rings. The molecule has 1 saturated heterocycles. The van der Waals surface area contributed by atoms with Crippen molar-refractivity contribution in [3.05, 3.63) is 12.7 Å². The molecule has 5 nitrogen and oxygen atoms in total. The smallest absolute Gasteiger partial charge is 0.463 e. The molecule has 1 heterocycles. The predicted molar refractivity (Wildman–Crippen MR) is 69.7 cm³/mol. The monoisotopic (exact) mass is 270 g/mol. The summed E-state index contributed by atoms with van der Waals surface area (Å²) in [5.74, 6) is -0.178. The summed E-state index contributed by atoms with van der Waals surface area (Å²) in [4.78, 5) is 22.8.